The minimum Gasteiger partial charge on any atom is -0.351 e. The van der Waals surface area contributed by atoms with Crippen LogP contribution in [0.15, 0.2) is 30.5 Å². The molecule has 2 aromatic rings. The second kappa shape index (κ2) is 4.09. The molecular weight excluding hydrogens is 264 g/mol. The van der Waals surface area contributed by atoms with Crippen LogP contribution >= 0.6 is 0 Å². The zero-order valence-electron chi connectivity index (χ0n) is 10.5. The molecule has 100 valence electrons. The topological polar surface area (TPSA) is 68.2 Å². The molecule has 1 aliphatic carbocycles. The van der Waals surface area contributed by atoms with E-state index in [1.165, 1.54) is 0 Å². The van der Waals surface area contributed by atoms with Gasteiger partial charge in [-0.3, -0.25) is 4.79 Å². The van der Waals surface area contributed by atoms with Crippen molar-refractivity contribution in [1.82, 2.24) is 9.29 Å². The van der Waals surface area contributed by atoms with Crippen molar-refractivity contribution in [3.05, 3.63) is 36.0 Å². The number of sulfonamides is 1. The highest BCUT2D eigenvalue weighted by molar-refractivity contribution is 7.91. The molecule has 0 radical (unpaired) electrons. The standard InChI is InChI=1S/C13H14N2O3S/c1-15-7-6-9-2-3-10(8-12(9)15)13(16)14-19(17,18)11-4-5-11/h2-3,6-8,11H,4-5H2,1H3,(H,14,16). The third kappa shape index (κ3) is 2.23. The lowest BCUT2D eigenvalue weighted by Crippen LogP contribution is -2.33. The minimum absolute atomic E-state index is 0.360. The van der Waals surface area contributed by atoms with Crippen LogP contribution < -0.4 is 4.72 Å². The van der Waals surface area contributed by atoms with E-state index in [0.29, 0.717) is 18.4 Å². The Hall–Kier alpha value is -1.82. The monoisotopic (exact) mass is 278 g/mol. The Kier molecular flexibility index (Phi) is 2.63. The van der Waals surface area contributed by atoms with Crippen molar-refractivity contribution in [2.75, 3.05) is 0 Å². The number of hydrogen-bond acceptors (Lipinski definition) is 3. The summed E-state index contributed by atoms with van der Waals surface area (Å²) >= 11 is 0. The summed E-state index contributed by atoms with van der Waals surface area (Å²) in [5.74, 6) is -0.560. The maximum Gasteiger partial charge on any atom is 0.264 e. The van der Waals surface area contributed by atoms with Gasteiger partial charge >= 0.3 is 0 Å². The molecule has 0 spiro atoms. The average Bonchev–Trinajstić information content (AvgIpc) is 3.15. The highest BCUT2D eigenvalue weighted by Gasteiger charge is 2.36. The van der Waals surface area contributed by atoms with E-state index in [4.69, 9.17) is 0 Å². The Morgan fingerprint density at radius 1 is 1.32 bits per heavy atom. The quantitative estimate of drug-likeness (QED) is 0.922. The fourth-order valence-electron chi connectivity index (χ4n) is 2.05. The number of hydrogen-bond donors (Lipinski definition) is 1. The van der Waals surface area contributed by atoms with Crippen LogP contribution in [-0.2, 0) is 17.1 Å². The summed E-state index contributed by atoms with van der Waals surface area (Å²) in [4.78, 5) is 12.0. The molecule has 1 heterocycles. The minimum atomic E-state index is -3.49. The maximum atomic E-state index is 12.0. The number of rotatable bonds is 3. The second-order valence-electron chi connectivity index (χ2n) is 4.88. The van der Waals surface area contributed by atoms with Crippen LogP contribution in [0.2, 0.25) is 0 Å². The van der Waals surface area contributed by atoms with Crippen molar-refractivity contribution >= 4 is 26.8 Å². The van der Waals surface area contributed by atoms with Crippen LogP contribution in [-0.4, -0.2) is 24.1 Å². The van der Waals surface area contributed by atoms with Gasteiger partial charge in [-0.1, -0.05) is 6.07 Å². The Morgan fingerprint density at radius 2 is 2.05 bits per heavy atom. The van der Waals surface area contributed by atoms with Gasteiger partial charge in [-0.2, -0.15) is 0 Å². The fourth-order valence-corrected chi connectivity index (χ4v) is 3.35. The average molecular weight is 278 g/mol. The maximum absolute atomic E-state index is 12.0. The largest absolute Gasteiger partial charge is 0.351 e. The molecule has 0 bridgehead atoms. The van der Waals surface area contributed by atoms with Crippen LogP contribution in [0.1, 0.15) is 23.2 Å². The molecule has 0 saturated heterocycles. The van der Waals surface area contributed by atoms with Crippen molar-refractivity contribution in [3.8, 4) is 0 Å². The van der Waals surface area contributed by atoms with Crippen LogP contribution in [0.25, 0.3) is 10.9 Å². The molecule has 6 heteroatoms. The Morgan fingerprint density at radius 3 is 2.74 bits per heavy atom. The van der Waals surface area contributed by atoms with E-state index in [9.17, 15) is 13.2 Å². The Labute approximate surface area is 111 Å². The van der Waals surface area contributed by atoms with Gasteiger partial charge in [-0.25, -0.2) is 13.1 Å². The van der Waals surface area contributed by atoms with E-state index in [0.717, 1.165) is 10.9 Å². The molecule has 1 fully saturated rings. The number of aryl methyl sites for hydroxylation is 1. The van der Waals surface area contributed by atoms with Gasteiger partial charge in [0.15, 0.2) is 0 Å². The first-order valence-electron chi connectivity index (χ1n) is 6.08. The molecule has 19 heavy (non-hydrogen) atoms. The lowest BCUT2D eigenvalue weighted by Gasteiger charge is -2.06. The van der Waals surface area contributed by atoms with Gasteiger partial charge in [0.2, 0.25) is 10.0 Å². The number of nitrogens with zero attached hydrogens (tertiary/aromatic N) is 1. The van der Waals surface area contributed by atoms with Gasteiger partial charge in [-0.05, 0) is 36.4 Å². The summed E-state index contributed by atoms with van der Waals surface area (Å²) in [6.45, 7) is 0. The van der Waals surface area contributed by atoms with Crippen LogP contribution in [0.5, 0.6) is 0 Å². The van der Waals surface area contributed by atoms with Gasteiger partial charge in [0.25, 0.3) is 5.91 Å². The molecule has 5 nitrogen and oxygen atoms in total. The van der Waals surface area contributed by atoms with Crippen molar-refractivity contribution in [3.63, 3.8) is 0 Å². The molecule has 1 aliphatic rings. The molecule has 0 aliphatic heterocycles. The van der Waals surface area contributed by atoms with E-state index in [2.05, 4.69) is 4.72 Å². The lowest BCUT2D eigenvalue weighted by atomic mass is 10.1. The number of carbonyl (C=O) groups excluding carboxylic acids is 1. The Balaban J connectivity index is 1.91. The molecule has 1 aromatic heterocycles. The summed E-state index contributed by atoms with van der Waals surface area (Å²) in [7, 11) is -1.61. The Bertz CT molecular complexity index is 757. The van der Waals surface area contributed by atoms with Crippen LogP contribution in [0.3, 0.4) is 0 Å². The number of amides is 1. The molecule has 1 amide bonds. The smallest absolute Gasteiger partial charge is 0.264 e. The number of fused-ring (bicyclic) bond motifs is 1. The molecular formula is C13H14N2O3S. The molecule has 1 saturated carbocycles. The van der Waals surface area contributed by atoms with E-state index < -0.39 is 21.2 Å². The van der Waals surface area contributed by atoms with Crippen molar-refractivity contribution in [2.45, 2.75) is 18.1 Å². The van der Waals surface area contributed by atoms with Crippen molar-refractivity contribution in [1.29, 1.82) is 0 Å². The number of aromatic nitrogens is 1. The fraction of sp³-hybridized carbons (Fsp3) is 0.308. The SMILES string of the molecule is Cn1ccc2ccc(C(=O)NS(=O)(=O)C3CC3)cc21. The number of carbonyl (C=O) groups is 1. The zero-order chi connectivity index (χ0) is 13.6. The van der Waals surface area contributed by atoms with Crippen molar-refractivity contribution < 1.29 is 13.2 Å². The highest BCUT2D eigenvalue weighted by Crippen LogP contribution is 2.27. The van der Waals surface area contributed by atoms with Gasteiger partial charge in [-0.15, -0.1) is 0 Å². The first kappa shape index (κ1) is 12.2. The zero-order valence-corrected chi connectivity index (χ0v) is 11.3. The molecule has 0 unspecified atom stereocenters. The third-order valence-electron chi connectivity index (χ3n) is 3.35. The summed E-state index contributed by atoms with van der Waals surface area (Å²) in [6, 6.07) is 7.10. The van der Waals surface area contributed by atoms with Gasteiger partial charge in [0.05, 0.1) is 5.25 Å². The lowest BCUT2D eigenvalue weighted by molar-refractivity contribution is 0.0981. The summed E-state index contributed by atoms with van der Waals surface area (Å²) < 4.78 is 27.5. The molecule has 0 atom stereocenters. The predicted octanol–water partition coefficient (Wildman–Crippen LogP) is 1.40. The molecule has 1 aromatic carbocycles. The summed E-state index contributed by atoms with van der Waals surface area (Å²) in [6.07, 6.45) is 3.17. The first-order chi connectivity index (χ1) is 8.97. The van der Waals surface area contributed by atoms with E-state index in [1.54, 1.807) is 12.1 Å². The second-order valence-corrected chi connectivity index (χ2v) is 6.84. The number of benzene rings is 1. The molecule has 1 N–H and O–H groups in total. The first-order valence-corrected chi connectivity index (χ1v) is 7.63. The van der Waals surface area contributed by atoms with Crippen LogP contribution in [0.4, 0.5) is 0 Å². The van der Waals surface area contributed by atoms with Crippen LogP contribution in [0, 0.1) is 0 Å². The highest BCUT2D eigenvalue weighted by atomic mass is 32.2. The third-order valence-corrected chi connectivity index (χ3v) is 5.17. The summed E-state index contributed by atoms with van der Waals surface area (Å²) in [5, 5.41) is 0.624. The van der Waals surface area contributed by atoms with E-state index >= 15 is 0 Å². The van der Waals surface area contributed by atoms with Gasteiger partial charge < -0.3 is 4.57 Å². The van der Waals surface area contributed by atoms with E-state index in [-0.39, 0.29) is 0 Å². The van der Waals surface area contributed by atoms with Gasteiger partial charge in [0, 0.05) is 24.3 Å². The summed E-state index contributed by atoms with van der Waals surface area (Å²) in [5.41, 5.74) is 1.26. The number of nitrogens with one attached hydrogen (secondary N) is 1. The van der Waals surface area contributed by atoms with Crippen molar-refractivity contribution in [2.24, 2.45) is 7.05 Å². The molecule has 3 rings (SSSR count). The normalized spacial score (nSPS) is 15.6. The predicted molar refractivity (Wildman–Crippen MR) is 72.3 cm³/mol. The van der Waals surface area contributed by atoms with Gasteiger partial charge in [0.1, 0.15) is 0 Å². The van der Waals surface area contributed by atoms with E-state index in [1.807, 2.05) is 29.9 Å².